The third-order valence-electron chi connectivity index (χ3n) is 4.34. The highest BCUT2D eigenvalue weighted by molar-refractivity contribution is 7.17. The van der Waals surface area contributed by atoms with Crippen LogP contribution in [-0.2, 0) is 12.8 Å². The van der Waals surface area contributed by atoms with E-state index in [9.17, 15) is 9.18 Å². The Kier molecular flexibility index (Phi) is 5.86. The van der Waals surface area contributed by atoms with E-state index in [1.165, 1.54) is 23.5 Å². The van der Waals surface area contributed by atoms with Crippen LogP contribution >= 0.6 is 11.3 Å². The summed E-state index contributed by atoms with van der Waals surface area (Å²) in [5.74, 6) is -0.454. The molecule has 0 atom stereocenters. The van der Waals surface area contributed by atoms with E-state index in [1.807, 2.05) is 25.1 Å². The maximum Gasteiger partial charge on any atom is 0.267 e. The lowest BCUT2D eigenvalue weighted by atomic mass is 10.0. The van der Waals surface area contributed by atoms with Gasteiger partial charge in [-0.3, -0.25) is 4.79 Å². The Labute approximate surface area is 162 Å². The molecule has 0 fully saturated rings. The molecule has 0 saturated heterocycles. The zero-order valence-corrected chi connectivity index (χ0v) is 16.4. The average molecular weight is 383 g/mol. The largest absolute Gasteiger partial charge is 0.332 e. The van der Waals surface area contributed by atoms with Gasteiger partial charge in [-0.1, -0.05) is 43.4 Å². The van der Waals surface area contributed by atoms with Gasteiger partial charge in [-0.15, -0.1) is 0 Å². The Morgan fingerprint density at radius 2 is 1.70 bits per heavy atom. The van der Waals surface area contributed by atoms with Gasteiger partial charge in [-0.25, -0.2) is 9.37 Å². The highest BCUT2D eigenvalue weighted by atomic mass is 32.1. The Morgan fingerprint density at radius 3 is 2.30 bits per heavy atom. The van der Waals surface area contributed by atoms with E-state index in [0.29, 0.717) is 15.7 Å². The van der Waals surface area contributed by atoms with Crippen molar-refractivity contribution in [2.75, 3.05) is 10.6 Å². The van der Waals surface area contributed by atoms with Crippen molar-refractivity contribution < 1.29 is 9.18 Å². The minimum absolute atomic E-state index is 0.159. The summed E-state index contributed by atoms with van der Waals surface area (Å²) in [6, 6.07) is 12.1. The molecule has 2 aromatic carbocycles. The molecule has 2 N–H and O–H groups in total. The normalized spacial score (nSPS) is 10.7. The number of para-hydroxylation sites is 1. The molecule has 27 heavy (non-hydrogen) atoms. The van der Waals surface area contributed by atoms with Gasteiger partial charge in [0.05, 0.1) is 5.69 Å². The predicted octanol–water partition coefficient (Wildman–Crippen LogP) is 5.71. The number of hydrogen-bond donors (Lipinski definition) is 2. The number of carbonyl (C=O) groups is 1. The van der Waals surface area contributed by atoms with Crippen LogP contribution in [0.5, 0.6) is 0 Å². The highest BCUT2D eigenvalue weighted by Crippen LogP contribution is 2.28. The van der Waals surface area contributed by atoms with Gasteiger partial charge in [0.25, 0.3) is 5.91 Å². The van der Waals surface area contributed by atoms with Crippen molar-refractivity contribution in [2.24, 2.45) is 0 Å². The van der Waals surface area contributed by atoms with Crippen molar-refractivity contribution in [2.45, 2.75) is 33.6 Å². The van der Waals surface area contributed by atoms with Crippen molar-refractivity contribution >= 4 is 33.8 Å². The van der Waals surface area contributed by atoms with Crippen LogP contribution in [0.1, 0.15) is 40.3 Å². The lowest BCUT2D eigenvalue weighted by Crippen LogP contribution is -2.14. The van der Waals surface area contributed by atoms with Gasteiger partial charge < -0.3 is 10.6 Å². The van der Waals surface area contributed by atoms with E-state index < -0.39 is 0 Å². The molecule has 0 aliphatic heterocycles. The lowest BCUT2D eigenvalue weighted by molar-refractivity contribution is 0.102. The number of aromatic nitrogens is 1. The number of anilines is 3. The fourth-order valence-corrected chi connectivity index (χ4v) is 3.77. The van der Waals surface area contributed by atoms with Gasteiger partial charge in [0.1, 0.15) is 10.7 Å². The molecule has 0 saturated carbocycles. The summed E-state index contributed by atoms with van der Waals surface area (Å²) in [6.45, 7) is 5.97. The Hall–Kier alpha value is -2.73. The third kappa shape index (κ3) is 4.34. The number of nitrogens with zero attached hydrogens (tertiary/aromatic N) is 1. The number of amides is 1. The molecule has 0 spiro atoms. The SMILES string of the molecule is CCc1cccc(CC)c1NC(=O)c1sc(Nc2ccc(F)cc2)nc1C. The van der Waals surface area contributed by atoms with Crippen molar-refractivity contribution in [3.63, 3.8) is 0 Å². The van der Waals surface area contributed by atoms with Crippen LogP contribution in [-0.4, -0.2) is 10.9 Å². The predicted molar refractivity (Wildman–Crippen MR) is 110 cm³/mol. The van der Waals surface area contributed by atoms with Gasteiger partial charge in [-0.05, 0) is 55.2 Å². The van der Waals surface area contributed by atoms with Gasteiger partial charge in [0.15, 0.2) is 5.13 Å². The van der Waals surface area contributed by atoms with Crippen molar-refractivity contribution in [1.29, 1.82) is 0 Å². The number of halogens is 1. The number of hydrogen-bond acceptors (Lipinski definition) is 4. The molecule has 0 aliphatic carbocycles. The van der Waals surface area contributed by atoms with Crippen LogP contribution < -0.4 is 10.6 Å². The summed E-state index contributed by atoms with van der Waals surface area (Å²) in [6.07, 6.45) is 1.70. The molecule has 140 valence electrons. The molecule has 0 unspecified atom stereocenters. The van der Waals surface area contributed by atoms with E-state index in [-0.39, 0.29) is 11.7 Å². The molecule has 1 aromatic heterocycles. The minimum atomic E-state index is -0.294. The fraction of sp³-hybridized carbons (Fsp3) is 0.238. The van der Waals surface area contributed by atoms with E-state index in [1.54, 1.807) is 12.1 Å². The smallest absolute Gasteiger partial charge is 0.267 e. The average Bonchev–Trinajstić information content (AvgIpc) is 3.04. The number of carbonyl (C=O) groups excluding carboxylic acids is 1. The first-order valence-corrected chi connectivity index (χ1v) is 9.75. The zero-order valence-electron chi connectivity index (χ0n) is 15.6. The monoisotopic (exact) mass is 383 g/mol. The van der Waals surface area contributed by atoms with E-state index in [4.69, 9.17) is 0 Å². The van der Waals surface area contributed by atoms with Crippen molar-refractivity contribution in [3.05, 3.63) is 70.0 Å². The molecule has 1 heterocycles. The van der Waals surface area contributed by atoms with Gasteiger partial charge >= 0.3 is 0 Å². The van der Waals surface area contributed by atoms with E-state index in [2.05, 4.69) is 29.5 Å². The molecule has 0 aliphatic rings. The van der Waals surface area contributed by atoms with Gasteiger partial charge in [0.2, 0.25) is 0 Å². The molecular weight excluding hydrogens is 361 g/mol. The number of nitrogens with one attached hydrogen (secondary N) is 2. The van der Waals surface area contributed by atoms with Gasteiger partial charge in [0, 0.05) is 11.4 Å². The van der Waals surface area contributed by atoms with Crippen LogP contribution in [0.15, 0.2) is 42.5 Å². The Morgan fingerprint density at radius 1 is 1.07 bits per heavy atom. The van der Waals surface area contributed by atoms with Crippen LogP contribution in [0.25, 0.3) is 0 Å². The maximum absolute atomic E-state index is 13.0. The van der Waals surface area contributed by atoms with Crippen LogP contribution in [0.4, 0.5) is 20.9 Å². The summed E-state index contributed by atoms with van der Waals surface area (Å²) in [4.78, 5) is 17.9. The third-order valence-corrected chi connectivity index (χ3v) is 5.41. The molecule has 1 amide bonds. The first-order valence-electron chi connectivity index (χ1n) is 8.94. The lowest BCUT2D eigenvalue weighted by Gasteiger charge is -2.14. The maximum atomic E-state index is 13.0. The first kappa shape index (κ1) is 19.0. The molecular formula is C21H22FN3OS. The summed E-state index contributed by atoms with van der Waals surface area (Å²) in [7, 11) is 0. The minimum Gasteiger partial charge on any atom is -0.332 e. The van der Waals surface area contributed by atoms with Crippen LogP contribution in [0.3, 0.4) is 0 Å². The number of rotatable bonds is 6. The summed E-state index contributed by atoms with van der Waals surface area (Å²) < 4.78 is 13.0. The zero-order chi connectivity index (χ0) is 19.4. The Bertz CT molecular complexity index is 928. The van der Waals surface area contributed by atoms with Crippen LogP contribution in [0.2, 0.25) is 0 Å². The second-order valence-electron chi connectivity index (χ2n) is 6.18. The molecule has 6 heteroatoms. The summed E-state index contributed by atoms with van der Waals surface area (Å²) in [5.41, 5.74) is 4.52. The molecule has 4 nitrogen and oxygen atoms in total. The second kappa shape index (κ2) is 8.31. The molecule has 3 rings (SSSR count). The second-order valence-corrected chi connectivity index (χ2v) is 7.18. The molecule has 0 radical (unpaired) electrons. The van der Waals surface area contributed by atoms with Crippen molar-refractivity contribution in [1.82, 2.24) is 4.98 Å². The number of aryl methyl sites for hydroxylation is 3. The highest BCUT2D eigenvalue weighted by Gasteiger charge is 2.18. The topological polar surface area (TPSA) is 54.0 Å². The molecule has 0 bridgehead atoms. The molecule has 3 aromatic rings. The Balaban J connectivity index is 1.82. The summed E-state index contributed by atoms with van der Waals surface area (Å²) >= 11 is 1.28. The summed E-state index contributed by atoms with van der Waals surface area (Å²) in [5, 5.41) is 6.79. The van der Waals surface area contributed by atoms with Gasteiger partial charge in [-0.2, -0.15) is 0 Å². The quantitative estimate of drug-likeness (QED) is 0.573. The van der Waals surface area contributed by atoms with Crippen LogP contribution in [0, 0.1) is 12.7 Å². The first-order chi connectivity index (χ1) is 13.0. The number of thiazole rings is 1. The van der Waals surface area contributed by atoms with E-state index in [0.717, 1.165) is 35.3 Å². The number of benzene rings is 2. The van der Waals surface area contributed by atoms with E-state index >= 15 is 0 Å². The fourth-order valence-electron chi connectivity index (χ4n) is 2.89. The van der Waals surface area contributed by atoms with Crippen molar-refractivity contribution in [3.8, 4) is 0 Å². The standard InChI is InChI=1S/C21H22FN3OS/c1-4-14-7-6-8-15(5-2)18(14)25-20(26)19-13(3)23-21(27-19)24-17-11-9-16(22)10-12-17/h6-12H,4-5H2,1-3H3,(H,23,24)(H,25,26).